The molecule has 0 saturated carbocycles. The Hall–Kier alpha value is -3.40. The van der Waals surface area contributed by atoms with E-state index in [9.17, 15) is 4.79 Å². The van der Waals surface area contributed by atoms with Crippen molar-refractivity contribution in [1.29, 1.82) is 0 Å². The van der Waals surface area contributed by atoms with Crippen molar-refractivity contribution in [3.63, 3.8) is 0 Å². The van der Waals surface area contributed by atoms with E-state index in [1.54, 1.807) is 25.4 Å². The van der Waals surface area contributed by atoms with Gasteiger partial charge in [0.1, 0.15) is 16.8 Å². The smallest absolute Gasteiger partial charge is 0.251 e. The van der Waals surface area contributed by atoms with Gasteiger partial charge in [0.25, 0.3) is 5.91 Å². The van der Waals surface area contributed by atoms with E-state index in [1.165, 1.54) is 0 Å². The maximum absolute atomic E-state index is 12.5. The third kappa shape index (κ3) is 5.64. The number of unbranched alkanes of at least 4 members (excludes halogenated alkanes) is 1. The van der Waals surface area contributed by atoms with Crippen molar-refractivity contribution < 1.29 is 9.53 Å². The fraction of sp³-hybridized carbons (Fsp3) is 0.455. The van der Waals surface area contributed by atoms with Crippen molar-refractivity contribution >= 4 is 28.7 Å². The van der Waals surface area contributed by atoms with Gasteiger partial charge in [-0.1, -0.05) is 19.4 Å². The average Bonchev–Trinajstić information content (AvgIpc) is 3.16. The van der Waals surface area contributed by atoms with E-state index in [0.717, 1.165) is 37.0 Å². The molecule has 0 fully saturated rings. The van der Waals surface area contributed by atoms with E-state index in [-0.39, 0.29) is 11.9 Å². The number of nitrogen functional groups attached to an aromatic ring is 1. The van der Waals surface area contributed by atoms with E-state index < -0.39 is 0 Å². The number of aromatic nitrogens is 4. The number of rotatable bonds is 11. The van der Waals surface area contributed by atoms with Gasteiger partial charge in [0.2, 0.25) is 5.95 Å². The zero-order valence-electron chi connectivity index (χ0n) is 19.2. The first-order chi connectivity index (χ1) is 15.4. The number of carbonyl (C=O) groups is 1. The second kappa shape index (κ2) is 10.8. The van der Waals surface area contributed by atoms with Crippen molar-refractivity contribution in [2.24, 2.45) is 0 Å². The van der Waals surface area contributed by atoms with Crippen molar-refractivity contribution in [2.75, 3.05) is 51.9 Å². The number of likely N-dealkylation sites (N-methyl/N-ethyl adjacent to an activating group) is 1. The van der Waals surface area contributed by atoms with Crippen LogP contribution in [0.15, 0.2) is 24.4 Å². The highest BCUT2D eigenvalue weighted by Crippen LogP contribution is 2.26. The van der Waals surface area contributed by atoms with E-state index in [1.807, 2.05) is 29.7 Å². The maximum atomic E-state index is 12.5. The predicted octanol–water partition coefficient (Wildman–Crippen LogP) is 1.97. The van der Waals surface area contributed by atoms with Gasteiger partial charge in [-0.15, -0.1) is 0 Å². The van der Waals surface area contributed by atoms with Crippen LogP contribution >= 0.6 is 0 Å². The Morgan fingerprint density at radius 3 is 2.78 bits per heavy atom. The lowest BCUT2D eigenvalue weighted by atomic mass is 10.1. The van der Waals surface area contributed by atoms with E-state index in [4.69, 9.17) is 10.5 Å². The Bertz CT molecular complexity index is 1060. The Kier molecular flexibility index (Phi) is 7.82. The van der Waals surface area contributed by atoms with Crippen molar-refractivity contribution in [1.82, 2.24) is 30.0 Å². The van der Waals surface area contributed by atoms with Crippen LogP contribution in [-0.2, 0) is 6.54 Å². The van der Waals surface area contributed by atoms with E-state index in [0.29, 0.717) is 35.7 Å². The third-order valence-corrected chi connectivity index (χ3v) is 5.04. The number of ether oxygens (including phenoxy) is 1. The van der Waals surface area contributed by atoms with Gasteiger partial charge in [-0.3, -0.25) is 9.48 Å². The molecule has 172 valence electrons. The molecule has 0 bridgehead atoms. The Balaban J connectivity index is 1.84. The minimum Gasteiger partial charge on any atom is -0.496 e. The highest BCUT2D eigenvalue weighted by Gasteiger charge is 2.16. The van der Waals surface area contributed by atoms with E-state index in [2.05, 4.69) is 32.6 Å². The van der Waals surface area contributed by atoms with Gasteiger partial charge in [0.15, 0.2) is 5.82 Å². The fourth-order valence-corrected chi connectivity index (χ4v) is 3.32. The summed E-state index contributed by atoms with van der Waals surface area (Å²) in [5.41, 5.74) is 8.76. The average molecular weight is 441 g/mol. The van der Waals surface area contributed by atoms with Gasteiger partial charge in [-0.25, -0.2) is 4.98 Å². The molecule has 3 rings (SSSR count). The summed E-state index contributed by atoms with van der Waals surface area (Å²) in [4.78, 5) is 23.2. The number of fused-ring (bicyclic) bond motifs is 1. The third-order valence-electron chi connectivity index (χ3n) is 5.04. The Labute approximate surface area is 188 Å². The van der Waals surface area contributed by atoms with Crippen LogP contribution in [0.5, 0.6) is 5.75 Å². The van der Waals surface area contributed by atoms with Crippen LogP contribution in [0.2, 0.25) is 0 Å². The lowest BCUT2D eigenvalue weighted by Gasteiger charge is -2.14. The zero-order valence-corrected chi connectivity index (χ0v) is 19.2. The van der Waals surface area contributed by atoms with Crippen LogP contribution in [0, 0.1) is 0 Å². The standard InChI is InChI=1S/C22H32N8O2/c1-5-6-9-24-20-19-17(27-22(23)28-20)13-26-30(19)14-16-8-7-15(12-18(16)32-4)21(31)25-10-11-29(2)3/h7-8,12-13H,5-6,9-11,14H2,1-4H3,(H,25,31)(H3,23,24,27,28). The summed E-state index contributed by atoms with van der Waals surface area (Å²) in [5, 5.41) is 10.7. The molecule has 0 unspecified atom stereocenters. The molecule has 0 saturated heterocycles. The molecule has 1 amide bonds. The summed E-state index contributed by atoms with van der Waals surface area (Å²) in [6.07, 6.45) is 3.77. The first kappa shape index (κ1) is 23.3. The molecule has 0 radical (unpaired) electrons. The van der Waals surface area contributed by atoms with Crippen LogP contribution in [0.25, 0.3) is 11.0 Å². The number of benzene rings is 1. The largest absolute Gasteiger partial charge is 0.496 e. The lowest BCUT2D eigenvalue weighted by molar-refractivity contribution is 0.0950. The number of nitrogens with two attached hydrogens (primary N) is 1. The minimum absolute atomic E-state index is 0.132. The highest BCUT2D eigenvalue weighted by molar-refractivity contribution is 5.94. The molecule has 3 aromatic rings. The lowest BCUT2D eigenvalue weighted by Crippen LogP contribution is -2.31. The molecule has 0 aliphatic heterocycles. The summed E-state index contributed by atoms with van der Waals surface area (Å²) in [7, 11) is 5.52. The van der Waals surface area contributed by atoms with Crippen LogP contribution in [0.4, 0.5) is 11.8 Å². The minimum atomic E-state index is -0.132. The first-order valence-electron chi connectivity index (χ1n) is 10.8. The molecule has 0 atom stereocenters. The molecular weight excluding hydrogens is 408 g/mol. The second-order valence-corrected chi connectivity index (χ2v) is 7.83. The first-order valence-corrected chi connectivity index (χ1v) is 10.8. The maximum Gasteiger partial charge on any atom is 0.251 e. The summed E-state index contributed by atoms with van der Waals surface area (Å²) in [6, 6.07) is 5.43. The van der Waals surface area contributed by atoms with Crippen LogP contribution in [-0.4, -0.2) is 71.4 Å². The number of hydrogen-bond donors (Lipinski definition) is 3. The Morgan fingerprint density at radius 2 is 2.06 bits per heavy atom. The van der Waals surface area contributed by atoms with Crippen molar-refractivity contribution in [3.8, 4) is 5.75 Å². The molecule has 0 spiro atoms. The monoisotopic (exact) mass is 440 g/mol. The molecule has 10 heteroatoms. The zero-order chi connectivity index (χ0) is 23.1. The quantitative estimate of drug-likeness (QED) is 0.387. The summed E-state index contributed by atoms with van der Waals surface area (Å²) < 4.78 is 7.39. The molecule has 2 heterocycles. The van der Waals surface area contributed by atoms with Gasteiger partial charge in [0.05, 0.1) is 19.9 Å². The summed E-state index contributed by atoms with van der Waals surface area (Å²) in [5.74, 6) is 1.35. The van der Waals surface area contributed by atoms with Crippen LogP contribution in [0.1, 0.15) is 35.7 Å². The Morgan fingerprint density at radius 1 is 1.25 bits per heavy atom. The van der Waals surface area contributed by atoms with Crippen molar-refractivity contribution in [3.05, 3.63) is 35.5 Å². The predicted molar refractivity (Wildman–Crippen MR) is 126 cm³/mol. The molecule has 32 heavy (non-hydrogen) atoms. The highest BCUT2D eigenvalue weighted by atomic mass is 16.5. The van der Waals surface area contributed by atoms with Crippen LogP contribution < -0.4 is 21.1 Å². The molecule has 4 N–H and O–H groups in total. The summed E-state index contributed by atoms with van der Waals surface area (Å²) in [6.45, 7) is 4.70. The molecule has 2 aromatic heterocycles. The SMILES string of the molecule is CCCCNc1nc(N)nc2cnn(Cc3ccc(C(=O)NCCN(C)C)cc3OC)c12. The fourth-order valence-electron chi connectivity index (χ4n) is 3.32. The van der Waals surface area contributed by atoms with Gasteiger partial charge < -0.3 is 26.0 Å². The van der Waals surface area contributed by atoms with Crippen molar-refractivity contribution in [2.45, 2.75) is 26.3 Å². The molecule has 0 aliphatic rings. The summed E-state index contributed by atoms with van der Waals surface area (Å²) >= 11 is 0. The number of nitrogens with one attached hydrogen (secondary N) is 2. The number of anilines is 2. The number of methoxy groups -OCH3 is 1. The number of hydrogen-bond acceptors (Lipinski definition) is 8. The number of carbonyl (C=O) groups excluding carboxylic acids is 1. The van der Waals surface area contributed by atoms with Gasteiger partial charge in [0, 0.05) is 30.8 Å². The van der Waals surface area contributed by atoms with Gasteiger partial charge in [-0.05, 0) is 32.6 Å². The second-order valence-electron chi connectivity index (χ2n) is 7.83. The van der Waals surface area contributed by atoms with E-state index >= 15 is 0 Å². The number of amides is 1. The normalized spacial score (nSPS) is 11.2. The topological polar surface area (TPSA) is 123 Å². The van der Waals surface area contributed by atoms with Gasteiger partial charge in [-0.2, -0.15) is 10.1 Å². The van der Waals surface area contributed by atoms with Crippen LogP contribution in [0.3, 0.4) is 0 Å². The molecule has 1 aromatic carbocycles. The molecular formula is C22H32N8O2. The molecule has 0 aliphatic carbocycles. The number of nitrogens with zero attached hydrogens (tertiary/aromatic N) is 5. The molecule has 10 nitrogen and oxygen atoms in total. The van der Waals surface area contributed by atoms with Gasteiger partial charge >= 0.3 is 0 Å².